The van der Waals surface area contributed by atoms with Crippen LogP contribution in [0.4, 0.5) is 11.4 Å². The number of esters is 1. The summed E-state index contributed by atoms with van der Waals surface area (Å²) in [6.07, 6.45) is 2.29. The van der Waals surface area contributed by atoms with E-state index in [0.29, 0.717) is 29.2 Å². The number of ether oxygens (including phenoxy) is 1. The topological polar surface area (TPSA) is 84.5 Å². The van der Waals surface area contributed by atoms with Crippen LogP contribution in [0.15, 0.2) is 48.5 Å². The summed E-state index contributed by atoms with van der Waals surface area (Å²) in [4.78, 5) is 36.7. The summed E-state index contributed by atoms with van der Waals surface area (Å²) < 4.78 is 5.59. The fourth-order valence-electron chi connectivity index (χ4n) is 3.77. The van der Waals surface area contributed by atoms with Crippen LogP contribution in [0, 0.1) is 0 Å². The van der Waals surface area contributed by atoms with Gasteiger partial charge in [0, 0.05) is 23.3 Å². The zero-order valence-corrected chi connectivity index (χ0v) is 17.8. The molecule has 0 aliphatic heterocycles. The molecule has 0 heterocycles. The average Bonchev–Trinajstić information content (AvgIpc) is 3.20. The SMILES string of the molecule is CC(=O)Nc1ccc(NC(=O)[C@H](C)OC(=O)C2(c3ccc(Cl)cc3)CCCC2)cc1. The van der Waals surface area contributed by atoms with Gasteiger partial charge in [0.25, 0.3) is 5.91 Å². The van der Waals surface area contributed by atoms with Gasteiger partial charge in [-0.2, -0.15) is 0 Å². The van der Waals surface area contributed by atoms with E-state index in [4.69, 9.17) is 16.3 Å². The van der Waals surface area contributed by atoms with Gasteiger partial charge in [-0.05, 0) is 61.7 Å². The first-order valence-electron chi connectivity index (χ1n) is 9.96. The Morgan fingerprint density at radius 1 is 0.933 bits per heavy atom. The molecule has 30 heavy (non-hydrogen) atoms. The van der Waals surface area contributed by atoms with Gasteiger partial charge in [-0.1, -0.05) is 36.6 Å². The number of halogens is 1. The number of benzene rings is 2. The molecule has 158 valence electrons. The second-order valence-corrected chi connectivity index (χ2v) is 8.03. The maximum absolute atomic E-state index is 13.1. The maximum atomic E-state index is 13.1. The third-order valence-corrected chi connectivity index (χ3v) is 5.62. The van der Waals surface area contributed by atoms with Crippen LogP contribution in [0.25, 0.3) is 0 Å². The summed E-state index contributed by atoms with van der Waals surface area (Å²) in [6, 6.07) is 14.0. The lowest BCUT2D eigenvalue weighted by atomic mass is 9.79. The van der Waals surface area contributed by atoms with Crippen molar-refractivity contribution in [2.75, 3.05) is 10.6 Å². The quantitative estimate of drug-likeness (QED) is 0.654. The molecule has 2 aromatic rings. The van der Waals surface area contributed by atoms with Crippen molar-refractivity contribution in [1.82, 2.24) is 0 Å². The van der Waals surface area contributed by atoms with Crippen LogP contribution in [-0.4, -0.2) is 23.9 Å². The molecular formula is C23H25ClN2O4. The number of hydrogen-bond donors (Lipinski definition) is 2. The summed E-state index contributed by atoms with van der Waals surface area (Å²) in [5, 5.41) is 6.00. The second-order valence-electron chi connectivity index (χ2n) is 7.59. The minimum Gasteiger partial charge on any atom is -0.452 e. The van der Waals surface area contributed by atoms with Crippen molar-refractivity contribution in [3.63, 3.8) is 0 Å². The molecule has 0 spiro atoms. The van der Waals surface area contributed by atoms with Crippen molar-refractivity contribution < 1.29 is 19.1 Å². The van der Waals surface area contributed by atoms with E-state index in [2.05, 4.69) is 10.6 Å². The molecule has 3 rings (SSSR count). The highest BCUT2D eigenvalue weighted by Crippen LogP contribution is 2.42. The van der Waals surface area contributed by atoms with Gasteiger partial charge < -0.3 is 15.4 Å². The Hall–Kier alpha value is -2.86. The van der Waals surface area contributed by atoms with Crippen molar-refractivity contribution in [1.29, 1.82) is 0 Å². The van der Waals surface area contributed by atoms with Gasteiger partial charge in [0.15, 0.2) is 6.10 Å². The minimum absolute atomic E-state index is 0.172. The van der Waals surface area contributed by atoms with Crippen LogP contribution < -0.4 is 10.6 Å². The van der Waals surface area contributed by atoms with Gasteiger partial charge >= 0.3 is 5.97 Å². The van der Waals surface area contributed by atoms with Crippen molar-refractivity contribution in [2.45, 2.75) is 51.0 Å². The molecule has 0 radical (unpaired) electrons. The lowest BCUT2D eigenvalue weighted by molar-refractivity contribution is -0.159. The molecule has 1 aliphatic rings. The van der Waals surface area contributed by atoms with Gasteiger partial charge in [-0.25, -0.2) is 0 Å². The van der Waals surface area contributed by atoms with Gasteiger partial charge in [0.2, 0.25) is 5.91 Å². The highest BCUT2D eigenvalue weighted by molar-refractivity contribution is 6.30. The molecule has 7 heteroatoms. The molecule has 2 N–H and O–H groups in total. The number of nitrogens with one attached hydrogen (secondary N) is 2. The zero-order chi connectivity index (χ0) is 21.7. The van der Waals surface area contributed by atoms with Crippen LogP contribution in [0.1, 0.15) is 45.1 Å². The van der Waals surface area contributed by atoms with Crippen molar-refractivity contribution >= 4 is 40.8 Å². The predicted molar refractivity (Wildman–Crippen MR) is 117 cm³/mol. The predicted octanol–water partition coefficient (Wildman–Crippen LogP) is 4.68. The molecule has 1 fully saturated rings. The van der Waals surface area contributed by atoms with Crippen LogP contribution in [0.3, 0.4) is 0 Å². The molecule has 1 aliphatic carbocycles. The fourth-order valence-corrected chi connectivity index (χ4v) is 3.90. The smallest absolute Gasteiger partial charge is 0.317 e. The molecule has 0 saturated heterocycles. The normalized spacial score (nSPS) is 15.8. The summed E-state index contributed by atoms with van der Waals surface area (Å²) >= 11 is 5.99. The first kappa shape index (κ1) is 21.8. The second kappa shape index (κ2) is 9.30. The van der Waals surface area contributed by atoms with Crippen LogP contribution in [0.2, 0.25) is 5.02 Å². The van der Waals surface area contributed by atoms with Crippen LogP contribution in [0.5, 0.6) is 0 Å². The first-order valence-corrected chi connectivity index (χ1v) is 10.3. The van der Waals surface area contributed by atoms with E-state index in [0.717, 1.165) is 18.4 Å². The number of carbonyl (C=O) groups is 3. The van der Waals surface area contributed by atoms with Gasteiger partial charge in [-0.3, -0.25) is 14.4 Å². The van der Waals surface area contributed by atoms with Crippen LogP contribution in [-0.2, 0) is 24.5 Å². The third kappa shape index (κ3) is 5.00. The van der Waals surface area contributed by atoms with E-state index in [9.17, 15) is 14.4 Å². The van der Waals surface area contributed by atoms with E-state index in [1.807, 2.05) is 12.1 Å². The van der Waals surface area contributed by atoms with Gasteiger partial charge in [0.1, 0.15) is 0 Å². The Kier molecular flexibility index (Phi) is 6.77. The third-order valence-electron chi connectivity index (χ3n) is 5.37. The van der Waals surface area contributed by atoms with Crippen LogP contribution >= 0.6 is 11.6 Å². The van der Waals surface area contributed by atoms with E-state index in [-0.39, 0.29) is 11.9 Å². The summed E-state index contributed by atoms with van der Waals surface area (Å²) in [5.41, 5.74) is 1.31. The number of anilines is 2. The summed E-state index contributed by atoms with van der Waals surface area (Å²) in [7, 11) is 0. The molecule has 1 saturated carbocycles. The maximum Gasteiger partial charge on any atom is 0.317 e. The van der Waals surface area contributed by atoms with E-state index >= 15 is 0 Å². The lowest BCUT2D eigenvalue weighted by Crippen LogP contribution is -2.39. The Labute approximate surface area is 180 Å². The number of hydrogen-bond acceptors (Lipinski definition) is 4. The summed E-state index contributed by atoms with van der Waals surface area (Å²) in [6.45, 7) is 2.98. The molecule has 6 nitrogen and oxygen atoms in total. The van der Waals surface area contributed by atoms with E-state index in [1.54, 1.807) is 43.3 Å². The highest BCUT2D eigenvalue weighted by atomic mass is 35.5. The number of carbonyl (C=O) groups excluding carboxylic acids is 3. The Morgan fingerprint density at radius 2 is 1.47 bits per heavy atom. The molecule has 2 aromatic carbocycles. The van der Waals surface area contributed by atoms with Crippen molar-refractivity contribution in [3.8, 4) is 0 Å². The Bertz CT molecular complexity index is 919. The molecular weight excluding hydrogens is 404 g/mol. The first-order chi connectivity index (χ1) is 14.3. The lowest BCUT2D eigenvalue weighted by Gasteiger charge is -2.28. The molecule has 0 aromatic heterocycles. The van der Waals surface area contributed by atoms with E-state index < -0.39 is 17.4 Å². The fraction of sp³-hybridized carbons (Fsp3) is 0.348. The Morgan fingerprint density at radius 3 is 2.00 bits per heavy atom. The molecule has 0 bridgehead atoms. The monoisotopic (exact) mass is 428 g/mol. The largest absolute Gasteiger partial charge is 0.452 e. The molecule has 0 unspecified atom stereocenters. The highest BCUT2D eigenvalue weighted by Gasteiger charge is 2.45. The van der Waals surface area contributed by atoms with Gasteiger partial charge in [0.05, 0.1) is 5.41 Å². The number of amides is 2. The van der Waals surface area contributed by atoms with Gasteiger partial charge in [-0.15, -0.1) is 0 Å². The number of rotatable bonds is 6. The molecule has 1 atom stereocenters. The Balaban J connectivity index is 1.65. The molecule has 2 amide bonds. The van der Waals surface area contributed by atoms with Crippen molar-refractivity contribution in [3.05, 3.63) is 59.1 Å². The average molecular weight is 429 g/mol. The zero-order valence-electron chi connectivity index (χ0n) is 17.0. The minimum atomic E-state index is -0.947. The van der Waals surface area contributed by atoms with Crippen molar-refractivity contribution in [2.24, 2.45) is 0 Å². The van der Waals surface area contributed by atoms with E-state index in [1.165, 1.54) is 6.92 Å². The standard InChI is InChI=1S/C23H25ClN2O4/c1-15(21(28)26-20-11-9-19(10-12-20)25-16(2)27)30-22(29)23(13-3-4-14-23)17-5-7-18(24)8-6-17/h5-12,15H,3-4,13-14H2,1-2H3,(H,25,27)(H,26,28)/t15-/m0/s1. The summed E-state index contributed by atoms with van der Waals surface area (Å²) in [5.74, 6) is -0.972.